The van der Waals surface area contributed by atoms with Crippen molar-refractivity contribution in [1.29, 1.82) is 0 Å². The van der Waals surface area contributed by atoms with Gasteiger partial charge in [0.1, 0.15) is 5.82 Å². The van der Waals surface area contributed by atoms with Crippen molar-refractivity contribution in [2.24, 2.45) is 5.92 Å². The van der Waals surface area contributed by atoms with Gasteiger partial charge in [-0.15, -0.1) is 0 Å². The standard InChI is InChI=1S/C17H24FNOS/c1-12-3-4-14(18)9-15(12)16(19-2)13-5-7-20-17(10-13)6-8-21-11-17/h3-4,9,13,16,19H,5-8,10-11H2,1-2H3. The molecule has 0 bridgehead atoms. The molecule has 21 heavy (non-hydrogen) atoms. The molecule has 4 heteroatoms. The van der Waals surface area contributed by atoms with E-state index in [-0.39, 0.29) is 17.5 Å². The van der Waals surface area contributed by atoms with Gasteiger partial charge < -0.3 is 10.1 Å². The predicted octanol–water partition coefficient (Wildman–Crippen LogP) is 3.70. The minimum Gasteiger partial charge on any atom is -0.374 e. The Kier molecular flexibility index (Phi) is 4.57. The van der Waals surface area contributed by atoms with E-state index in [4.69, 9.17) is 4.74 Å². The molecule has 1 aromatic rings. The number of nitrogens with one attached hydrogen (secondary N) is 1. The molecule has 1 N–H and O–H groups in total. The fourth-order valence-corrected chi connectivity index (χ4v) is 5.18. The van der Waals surface area contributed by atoms with Crippen molar-refractivity contribution in [2.75, 3.05) is 25.2 Å². The highest BCUT2D eigenvalue weighted by molar-refractivity contribution is 7.99. The summed E-state index contributed by atoms with van der Waals surface area (Å²) in [5.74, 6) is 2.69. The van der Waals surface area contributed by atoms with Crippen LogP contribution in [-0.2, 0) is 4.74 Å². The second-order valence-electron chi connectivity index (χ2n) is 6.35. The van der Waals surface area contributed by atoms with Crippen molar-refractivity contribution in [3.05, 3.63) is 35.1 Å². The molecule has 0 amide bonds. The zero-order valence-corrected chi connectivity index (χ0v) is 13.6. The average Bonchev–Trinajstić information content (AvgIpc) is 2.91. The summed E-state index contributed by atoms with van der Waals surface area (Å²) in [7, 11) is 1.99. The van der Waals surface area contributed by atoms with Crippen LogP contribution >= 0.6 is 11.8 Å². The van der Waals surface area contributed by atoms with Crippen molar-refractivity contribution in [3.63, 3.8) is 0 Å². The molecule has 2 saturated heterocycles. The first-order chi connectivity index (χ1) is 10.1. The first kappa shape index (κ1) is 15.3. The van der Waals surface area contributed by atoms with Crippen LogP contribution in [-0.4, -0.2) is 30.8 Å². The first-order valence-corrected chi connectivity index (χ1v) is 8.94. The van der Waals surface area contributed by atoms with E-state index in [1.54, 1.807) is 12.1 Å². The van der Waals surface area contributed by atoms with Crippen molar-refractivity contribution >= 4 is 11.8 Å². The third-order valence-electron chi connectivity index (χ3n) is 4.96. The quantitative estimate of drug-likeness (QED) is 0.920. The summed E-state index contributed by atoms with van der Waals surface area (Å²) in [5.41, 5.74) is 2.34. The van der Waals surface area contributed by atoms with Crippen LogP contribution < -0.4 is 5.32 Å². The van der Waals surface area contributed by atoms with Gasteiger partial charge in [-0.25, -0.2) is 4.39 Å². The van der Waals surface area contributed by atoms with Gasteiger partial charge in [0.05, 0.1) is 5.60 Å². The van der Waals surface area contributed by atoms with E-state index in [0.29, 0.717) is 5.92 Å². The molecule has 2 aliphatic rings. The van der Waals surface area contributed by atoms with Gasteiger partial charge in [-0.3, -0.25) is 0 Å². The number of aryl methyl sites for hydroxylation is 1. The third-order valence-corrected chi connectivity index (χ3v) is 6.18. The smallest absolute Gasteiger partial charge is 0.123 e. The number of hydrogen-bond acceptors (Lipinski definition) is 3. The monoisotopic (exact) mass is 309 g/mol. The second kappa shape index (κ2) is 6.27. The highest BCUT2D eigenvalue weighted by atomic mass is 32.2. The molecule has 3 atom stereocenters. The van der Waals surface area contributed by atoms with Crippen molar-refractivity contribution in [1.82, 2.24) is 5.32 Å². The number of halogens is 1. The van der Waals surface area contributed by atoms with Crippen LogP contribution in [0.15, 0.2) is 18.2 Å². The summed E-state index contributed by atoms with van der Waals surface area (Å²) in [5, 5.41) is 3.43. The minimum atomic E-state index is -0.144. The van der Waals surface area contributed by atoms with Crippen LogP contribution in [0.2, 0.25) is 0 Å². The lowest BCUT2D eigenvalue weighted by Crippen LogP contribution is -2.43. The van der Waals surface area contributed by atoms with E-state index in [0.717, 1.165) is 42.7 Å². The van der Waals surface area contributed by atoms with E-state index in [1.807, 2.05) is 24.9 Å². The molecule has 2 aliphatic heterocycles. The lowest BCUT2D eigenvalue weighted by Gasteiger charge is -2.41. The highest BCUT2D eigenvalue weighted by Crippen LogP contribution is 2.44. The van der Waals surface area contributed by atoms with Crippen LogP contribution in [0.1, 0.15) is 36.4 Å². The number of benzene rings is 1. The molecule has 0 aliphatic carbocycles. The average molecular weight is 309 g/mol. The molecule has 0 radical (unpaired) electrons. The SMILES string of the molecule is CNC(c1cc(F)ccc1C)C1CCOC2(CCSC2)C1. The van der Waals surface area contributed by atoms with Gasteiger partial charge in [-0.05, 0) is 68.2 Å². The number of rotatable bonds is 3. The van der Waals surface area contributed by atoms with E-state index in [2.05, 4.69) is 12.2 Å². The van der Waals surface area contributed by atoms with Crippen LogP contribution in [0.4, 0.5) is 4.39 Å². The molecule has 1 spiro atoms. The van der Waals surface area contributed by atoms with E-state index in [1.165, 1.54) is 5.75 Å². The maximum atomic E-state index is 13.6. The Morgan fingerprint density at radius 3 is 3.05 bits per heavy atom. The molecule has 2 fully saturated rings. The predicted molar refractivity (Wildman–Crippen MR) is 86.3 cm³/mol. The summed E-state index contributed by atoms with van der Waals surface area (Å²) in [4.78, 5) is 0. The Bertz CT molecular complexity index is 502. The normalized spacial score (nSPS) is 30.7. The molecule has 0 aromatic heterocycles. The lowest BCUT2D eigenvalue weighted by molar-refractivity contribution is -0.0851. The van der Waals surface area contributed by atoms with Gasteiger partial charge in [0.25, 0.3) is 0 Å². The van der Waals surface area contributed by atoms with Crippen LogP contribution in [0.5, 0.6) is 0 Å². The van der Waals surface area contributed by atoms with Crippen molar-refractivity contribution < 1.29 is 9.13 Å². The van der Waals surface area contributed by atoms with E-state index < -0.39 is 0 Å². The second-order valence-corrected chi connectivity index (χ2v) is 7.46. The zero-order chi connectivity index (χ0) is 14.9. The molecule has 116 valence electrons. The van der Waals surface area contributed by atoms with Crippen LogP contribution in [0.25, 0.3) is 0 Å². The summed E-state index contributed by atoms with van der Waals surface area (Å²) < 4.78 is 19.8. The van der Waals surface area contributed by atoms with Gasteiger partial charge in [-0.2, -0.15) is 11.8 Å². The summed E-state index contributed by atoms with van der Waals surface area (Å²) >= 11 is 2.00. The maximum Gasteiger partial charge on any atom is 0.123 e. The topological polar surface area (TPSA) is 21.3 Å². The van der Waals surface area contributed by atoms with E-state index >= 15 is 0 Å². The fraction of sp³-hybridized carbons (Fsp3) is 0.647. The molecule has 2 nitrogen and oxygen atoms in total. The van der Waals surface area contributed by atoms with Gasteiger partial charge in [0.2, 0.25) is 0 Å². The number of thioether (sulfide) groups is 1. The Morgan fingerprint density at radius 2 is 2.33 bits per heavy atom. The molecule has 3 unspecified atom stereocenters. The van der Waals surface area contributed by atoms with Gasteiger partial charge in [-0.1, -0.05) is 6.07 Å². The molecular weight excluding hydrogens is 285 g/mol. The molecule has 0 saturated carbocycles. The Hall–Kier alpha value is -0.580. The summed E-state index contributed by atoms with van der Waals surface area (Å²) in [6, 6.07) is 5.34. The summed E-state index contributed by atoms with van der Waals surface area (Å²) in [6.07, 6.45) is 3.29. The van der Waals surface area contributed by atoms with E-state index in [9.17, 15) is 4.39 Å². The molecule has 3 rings (SSSR count). The van der Waals surface area contributed by atoms with Gasteiger partial charge in [0.15, 0.2) is 0 Å². The molecular formula is C17H24FNOS. The Labute approximate surface area is 130 Å². The maximum absolute atomic E-state index is 13.6. The van der Waals surface area contributed by atoms with Gasteiger partial charge in [0, 0.05) is 18.4 Å². The number of hydrogen-bond donors (Lipinski definition) is 1. The van der Waals surface area contributed by atoms with Crippen LogP contribution in [0, 0.1) is 18.7 Å². The Balaban J connectivity index is 1.84. The van der Waals surface area contributed by atoms with Gasteiger partial charge >= 0.3 is 0 Å². The Morgan fingerprint density at radius 1 is 1.48 bits per heavy atom. The van der Waals surface area contributed by atoms with Crippen molar-refractivity contribution in [3.8, 4) is 0 Å². The zero-order valence-electron chi connectivity index (χ0n) is 12.8. The molecule has 1 aromatic carbocycles. The third kappa shape index (κ3) is 3.13. The lowest BCUT2D eigenvalue weighted by atomic mass is 9.78. The summed E-state index contributed by atoms with van der Waals surface area (Å²) in [6.45, 7) is 2.90. The minimum absolute atomic E-state index is 0.0733. The van der Waals surface area contributed by atoms with Crippen LogP contribution in [0.3, 0.4) is 0 Å². The highest BCUT2D eigenvalue weighted by Gasteiger charge is 2.42. The largest absolute Gasteiger partial charge is 0.374 e. The number of ether oxygens (including phenoxy) is 1. The molecule has 2 heterocycles. The fourth-order valence-electron chi connectivity index (χ4n) is 3.81. The van der Waals surface area contributed by atoms with Crippen molar-refractivity contribution in [2.45, 2.75) is 37.8 Å². The first-order valence-electron chi connectivity index (χ1n) is 7.79.